The molecule has 2 fully saturated rings. The first-order valence-electron chi connectivity index (χ1n) is 12.5. The number of rotatable bonds is 6. The normalized spacial score (nSPS) is 29.8. The van der Waals surface area contributed by atoms with Gasteiger partial charge in [-0.3, -0.25) is 9.13 Å². The van der Waals surface area contributed by atoms with E-state index in [9.17, 15) is 24.8 Å². The topological polar surface area (TPSA) is 213 Å². The number of thioether (sulfide) groups is 2. The zero-order valence-electron chi connectivity index (χ0n) is 22.2. The number of hydrogen-bond acceptors (Lipinski definition) is 15. The lowest BCUT2D eigenvalue weighted by Gasteiger charge is -2.16. The maximum Gasteiger partial charge on any atom is 0.312 e. The van der Waals surface area contributed by atoms with Gasteiger partial charge in [-0.1, -0.05) is 0 Å². The number of anilines is 1. The molecule has 0 saturated carbocycles. The van der Waals surface area contributed by atoms with E-state index in [4.69, 9.17) is 15.2 Å². The van der Waals surface area contributed by atoms with Gasteiger partial charge in [0.1, 0.15) is 36.3 Å². The van der Waals surface area contributed by atoms with Crippen molar-refractivity contribution in [3.05, 3.63) is 30.8 Å². The summed E-state index contributed by atoms with van der Waals surface area (Å²) < 4.78 is 27.7. The van der Waals surface area contributed by atoms with Crippen LogP contribution in [-0.4, -0.2) is 120 Å². The third-order valence-corrected chi connectivity index (χ3v) is 8.17. The molecule has 0 spiro atoms. The minimum absolute atomic E-state index is 0.0926. The van der Waals surface area contributed by atoms with E-state index >= 15 is 0 Å². The fraction of sp³-hybridized carbons (Fsp3) is 0.565. The summed E-state index contributed by atoms with van der Waals surface area (Å²) in [5, 5.41) is 40.3. The Labute approximate surface area is 241 Å². The standard InChI is InChI=1S/C12H16N4O3S.C11H14FN5O3S/c1-6-8-11(14-4-13-6)16(5-15-8)12-10(18)9(17)7(19-12)3-20-2;1-21-2-4-6(18)7(19)10(20-4)17-3-14-5-8(13)15-11(12)16-9(5)17/h4-5,7,9-10,12,17-18H,3H2,1-2H3;3-4,6-7,10,18-19H,2H2,1H3,(H2,13,15,16)/t7-,9-,10-,12-;4-,6-,7-,10-/m11/s1. The zero-order valence-corrected chi connectivity index (χ0v) is 23.9. The van der Waals surface area contributed by atoms with Gasteiger partial charge in [-0.15, -0.1) is 0 Å². The van der Waals surface area contributed by atoms with Crippen molar-refractivity contribution in [2.75, 3.05) is 29.8 Å². The van der Waals surface area contributed by atoms with Crippen molar-refractivity contribution in [2.24, 2.45) is 0 Å². The number of halogens is 1. The molecule has 4 aromatic heterocycles. The van der Waals surface area contributed by atoms with Crippen molar-refractivity contribution in [3.63, 3.8) is 0 Å². The van der Waals surface area contributed by atoms with Crippen LogP contribution in [0.1, 0.15) is 18.1 Å². The molecule has 2 aliphatic heterocycles. The molecule has 8 atom stereocenters. The van der Waals surface area contributed by atoms with E-state index in [1.165, 1.54) is 29.0 Å². The molecule has 2 aliphatic rings. The van der Waals surface area contributed by atoms with Gasteiger partial charge >= 0.3 is 6.08 Å². The minimum atomic E-state index is -1.17. The van der Waals surface area contributed by atoms with E-state index in [1.54, 1.807) is 22.7 Å². The second-order valence-corrected chi connectivity index (χ2v) is 11.3. The molecule has 0 radical (unpaired) electrons. The van der Waals surface area contributed by atoms with Crippen molar-refractivity contribution >= 4 is 51.7 Å². The van der Waals surface area contributed by atoms with Crippen molar-refractivity contribution in [1.82, 2.24) is 39.0 Å². The van der Waals surface area contributed by atoms with Crippen LogP contribution < -0.4 is 5.73 Å². The first-order chi connectivity index (χ1) is 19.7. The molecule has 6 heterocycles. The quantitative estimate of drug-likeness (QED) is 0.176. The Hall–Kier alpha value is -2.71. The molecular formula is C23H30FN9O6S2. The molecule has 18 heteroatoms. The molecule has 0 amide bonds. The number of fused-ring (bicyclic) bond motifs is 2. The third kappa shape index (κ3) is 5.57. The van der Waals surface area contributed by atoms with Crippen LogP contribution in [0.4, 0.5) is 10.2 Å². The van der Waals surface area contributed by atoms with E-state index in [-0.39, 0.29) is 17.0 Å². The van der Waals surface area contributed by atoms with E-state index in [2.05, 4.69) is 29.9 Å². The highest BCUT2D eigenvalue weighted by molar-refractivity contribution is 7.98. The number of aliphatic hydroxyl groups excluding tert-OH is 4. The average Bonchev–Trinajstić information content (AvgIpc) is 3.69. The molecule has 2 saturated heterocycles. The van der Waals surface area contributed by atoms with Crippen molar-refractivity contribution in [2.45, 2.75) is 56.0 Å². The summed E-state index contributed by atoms with van der Waals surface area (Å²) in [5.41, 5.74) is 7.95. The SMILES string of the molecule is CSC[C@H]1O[C@@H](n2cnc3c(C)ncnc32)[C@H](O)[C@@H]1O.CSC[C@H]1O[C@@H](n2cnc3c(N)nc(F)nc32)[C@H](O)[C@@H]1O. The summed E-state index contributed by atoms with van der Waals surface area (Å²) in [5.74, 6) is 1.05. The second kappa shape index (κ2) is 12.3. The fourth-order valence-electron chi connectivity index (χ4n) is 4.77. The van der Waals surface area contributed by atoms with E-state index in [1.807, 2.05) is 19.4 Å². The summed E-state index contributed by atoms with van der Waals surface area (Å²) in [6, 6.07) is 0. The molecule has 0 unspecified atom stereocenters. The Balaban J connectivity index is 0.000000165. The average molecular weight is 612 g/mol. The highest BCUT2D eigenvalue weighted by Gasteiger charge is 2.45. The molecule has 0 aliphatic carbocycles. The summed E-state index contributed by atoms with van der Waals surface area (Å²) in [4.78, 5) is 23.6. The van der Waals surface area contributed by atoms with Crippen LogP contribution in [0.15, 0.2) is 19.0 Å². The van der Waals surface area contributed by atoms with Crippen molar-refractivity contribution in [3.8, 4) is 0 Å². The predicted octanol–water partition coefficient (Wildman–Crippen LogP) is -0.353. The first-order valence-corrected chi connectivity index (χ1v) is 15.3. The van der Waals surface area contributed by atoms with E-state index in [0.29, 0.717) is 22.7 Å². The summed E-state index contributed by atoms with van der Waals surface area (Å²) in [6.45, 7) is 1.85. The fourth-order valence-corrected chi connectivity index (χ4v) is 5.98. The number of aryl methyl sites for hydroxylation is 1. The zero-order chi connectivity index (χ0) is 29.4. The molecule has 15 nitrogen and oxygen atoms in total. The van der Waals surface area contributed by atoms with Crippen LogP contribution in [0, 0.1) is 13.0 Å². The molecule has 0 bridgehead atoms. The number of nitrogens with zero attached hydrogens (tertiary/aromatic N) is 8. The molecule has 0 aromatic carbocycles. The Kier molecular flexibility index (Phi) is 8.90. The highest BCUT2D eigenvalue weighted by atomic mass is 32.2. The first kappa shape index (κ1) is 29.8. The maximum atomic E-state index is 13.3. The summed E-state index contributed by atoms with van der Waals surface area (Å²) in [6.07, 6.45) is 0.526. The lowest BCUT2D eigenvalue weighted by molar-refractivity contribution is -0.0289. The van der Waals surface area contributed by atoms with E-state index < -0.39 is 55.2 Å². The van der Waals surface area contributed by atoms with Gasteiger partial charge in [-0.2, -0.15) is 37.9 Å². The van der Waals surface area contributed by atoms with Gasteiger partial charge < -0.3 is 35.6 Å². The second-order valence-electron chi connectivity index (χ2n) is 9.49. The smallest absolute Gasteiger partial charge is 0.312 e. The summed E-state index contributed by atoms with van der Waals surface area (Å²) in [7, 11) is 0. The third-order valence-electron chi connectivity index (χ3n) is 6.85. The number of imidazole rings is 2. The number of aliphatic hydroxyl groups is 4. The van der Waals surface area contributed by atoms with Crippen LogP contribution in [-0.2, 0) is 9.47 Å². The molecular weight excluding hydrogens is 581 g/mol. The van der Waals surface area contributed by atoms with Crippen molar-refractivity contribution in [1.29, 1.82) is 0 Å². The van der Waals surface area contributed by atoms with Crippen LogP contribution >= 0.6 is 23.5 Å². The van der Waals surface area contributed by atoms with Gasteiger partial charge in [0, 0.05) is 11.5 Å². The number of ether oxygens (including phenoxy) is 2. The Morgan fingerprint density at radius 2 is 1.34 bits per heavy atom. The van der Waals surface area contributed by atoms with Gasteiger partial charge in [0.05, 0.1) is 30.6 Å². The van der Waals surface area contributed by atoms with Gasteiger partial charge in [-0.25, -0.2) is 19.9 Å². The maximum absolute atomic E-state index is 13.3. The molecule has 6 N–H and O–H groups in total. The largest absolute Gasteiger partial charge is 0.387 e. The predicted molar refractivity (Wildman–Crippen MR) is 148 cm³/mol. The Bertz CT molecular complexity index is 1510. The van der Waals surface area contributed by atoms with Gasteiger partial charge in [-0.05, 0) is 19.4 Å². The van der Waals surface area contributed by atoms with Crippen LogP contribution in [0.5, 0.6) is 0 Å². The lowest BCUT2D eigenvalue weighted by atomic mass is 10.1. The van der Waals surface area contributed by atoms with Gasteiger partial charge in [0.25, 0.3) is 0 Å². The Morgan fingerprint density at radius 1 is 0.805 bits per heavy atom. The van der Waals surface area contributed by atoms with Crippen LogP contribution in [0.2, 0.25) is 0 Å². The molecule has 4 aromatic rings. The molecule has 41 heavy (non-hydrogen) atoms. The minimum Gasteiger partial charge on any atom is -0.387 e. The van der Waals surface area contributed by atoms with Crippen LogP contribution in [0.25, 0.3) is 22.3 Å². The lowest BCUT2D eigenvalue weighted by Crippen LogP contribution is -2.32. The highest BCUT2D eigenvalue weighted by Crippen LogP contribution is 2.34. The monoisotopic (exact) mass is 611 g/mol. The number of aromatic nitrogens is 8. The number of nitrogens with two attached hydrogens (primary N) is 1. The van der Waals surface area contributed by atoms with Crippen molar-refractivity contribution < 1.29 is 34.3 Å². The Morgan fingerprint density at radius 3 is 1.90 bits per heavy atom. The number of hydrogen-bond donors (Lipinski definition) is 5. The van der Waals surface area contributed by atoms with Crippen LogP contribution in [0.3, 0.4) is 0 Å². The molecule has 6 rings (SSSR count). The molecule has 222 valence electrons. The van der Waals surface area contributed by atoms with E-state index in [0.717, 1.165) is 5.69 Å². The van der Waals surface area contributed by atoms with Gasteiger partial charge in [0.2, 0.25) is 0 Å². The summed E-state index contributed by atoms with van der Waals surface area (Å²) >= 11 is 3.05. The van der Waals surface area contributed by atoms with Gasteiger partial charge in [0.15, 0.2) is 35.1 Å². The number of nitrogen functional groups attached to an aromatic ring is 1.